The monoisotopic (exact) mass is 385 g/mol. The zero-order valence-electron chi connectivity index (χ0n) is 15.6. The molecule has 0 radical (unpaired) electrons. The number of ether oxygens (including phenoxy) is 1. The van der Waals surface area contributed by atoms with Crippen LogP contribution in [0.2, 0.25) is 0 Å². The van der Waals surface area contributed by atoms with Gasteiger partial charge in [-0.2, -0.15) is 0 Å². The lowest BCUT2D eigenvalue weighted by Crippen LogP contribution is -2.17. The molecule has 8 heteroatoms. The third-order valence-electron chi connectivity index (χ3n) is 4.55. The van der Waals surface area contributed by atoms with Crippen molar-refractivity contribution >= 4 is 17.4 Å². The fraction of sp³-hybridized carbons (Fsp3) is 0.368. The molecule has 0 aliphatic carbocycles. The van der Waals surface area contributed by atoms with Crippen molar-refractivity contribution in [3.05, 3.63) is 48.2 Å². The molecule has 4 rings (SSSR count). The molecule has 0 saturated carbocycles. The second kappa shape index (κ2) is 7.75. The van der Waals surface area contributed by atoms with Gasteiger partial charge in [-0.1, -0.05) is 23.9 Å². The molecule has 0 amide bonds. The normalized spacial score (nSPS) is 19.5. The number of benzene rings is 1. The highest BCUT2D eigenvalue weighted by Crippen LogP contribution is 2.28. The number of nitrogens with zero attached hydrogens (tertiary/aromatic N) is 4. The van der Waals surface area contributed by atoms with E-state index in [-0.39, 0.29) is 12.3 Å². The van der Waals surface area contributed by atoms with E-state index in [0.717, 1.165) is 34.6 Å². The molecule has 0 unspecified atom stereocenters. The second-order valence-corrected chi connectivity index (χ2v) is 7.67. The second-order valence-electron chi connectivity index (χ2n) is 6.69. The molecule has 3 heterocycles. The van der Waals surface area contributed by atoms with Gasteiger partial charge < -0.3 is 18.6 Å². The van der Waals surface area contributed by atoms with Crippen LogP contribution in [0.25, 0.3) is 11.6 Å². The van der Waals surface area contributed by atoms with Crippen LogP contribution >= 0.6 is 11.8 Å². The van der Waals surface area contributed by atoms with Gasteiger partial charge in [-0.3, -0.25) is 5.32 Å². The van der Waals surface area contributed by atoms with Crippen molar-refractivity contribution in [3.8, 4) is 11.6 Å². The van der Waals surface area contributed by atoms with Gasteiger partial charge in [0.25, 0.3) is 0 Å². The molecule has 27 heavy (non-hydrogen) atoms. The van der Waals surface area contributed by atoms with Crippen LogP contribution < -0.4 is 10.2 Å². The highest BCUT2D eigenvalue weighted by atomic mass is 32.2. The number of nitrogens with one attached hydrogen (secondary N) is 1. The molecule has 1 aliphatic heterocycles. The molecule has 0 spiro atoms. The number of anilines is 1. The van der Waals surface area contributed by atoms with Crippen LogP contribution in [-0.4, -0.2) is 47.3 Å². The van der Waals surface area contributed by atoms with Crippen LogP contribution in [0.3, 0.4) is 0 Å². The van der Waals surface area contributed by atoms with Gasteiger partial charge >= 0.3 is 0 Å². The SMILES string of the molecule is CN(C)c1ccc([C@H]2NC[C@@H](CSc3nnc(-c4ccco4)n3C)O2)cc1. The van der Waals surface area contributed by atoms with E-state index in [4.69, 9.17) is 9.15 Å². The minimum Gasteiger partial charge on any atom is -0.461 e. The summed E-state index contributed by atoms with van der Waals surface area (Å²) in [5.41, 5.74) is 2.32. The number of furan rings is 1. The first-order valence-electron chi connectivity index (χ1n) is 8.84. The van der Waals surface area contributed by atoms with Crippen LogP contribution in [0.5, 0.6) is 0 Å². The van der Waals surface area contributed by atoms with Gasteiger partial charge in [0.2, 0.25) is 0 Å². The summed E-state index contributed by atoms with van der Waals surface area (Å²) in [5, 5.41) is 12.8. The van der Waals surface area contributed by atoms with Gasteiger partial charge in [0.1, 0.15) is 6.23 Å². The Labute approximate surface area is 162 Å². The van der Waals surface area contributed by atoms with Crippen molar-refractivity contribution < 1.29 is 9.15 Å². The highest BCUT2D eigenvalue weighted by Gasteiger charge is 2.26. The number of hydrogen-bond donors (Lipinski definition) is 1. The van der Waals surface area contributed by atoms with Crippen LogP contribution in [0.1, 0.15) is 11.8 Å². The summed E-state index contributed by atoms with van der Waals surface area (Å²) in [7, 11) is 6.02. The number of aromatic nitrogens is 3. The predicted octanol–water partition coefficient (Wildman–Crippen LogP) is 2.92. The van der Waals surface area contributed by atoms with Crippen LogP contribution in [-0.2, 0) is 11.8 Å². The molecule has 1 fully saturated rings. The Morgan fingerprint density at radius 1 is 1.22 bits per heavy atom. The summed E-state index contributed by atoms with van der Waals surface area (Å²) in [6.07, 6.45) is 1.70. The molecule has 3 aromatic rings. The Morgan fingerprint density at radius 3 is 2.74 bits per heavy atom. The topological polar surface area (TPSA) is 68.3 Å². The third-order valence-corrected chi connectivity index (χ3v) is 5.70. The van der Waals surface area contributed by atoms with E-state index in [2.05, 4.69) is 44.7 Å². The molecule has 1 N–H and O–H groups in total. The van der Waals surface area contributed by atoms with E-state index in [0.29, 0.717) is 0 Å². The minimum absolute atomic E-state index is 0.0648. The Balaban J connectivity index is 1.34. The van der Waals surface area contributed by atoms with E-state index in [1.54, 1.807) is 18.0 Å². The fourth-order valence-electron chi connectivity index (χ4n) is 3.00. The molecule has 2 atom stereocenters. The van der Waals surface area contributed by atoms with Crippen LogP contribution in [0.4, 0.5) is 5.69 Å². The Hall–Kier alpha value is -2.29. The lowest BCUT2D eigenvalue weighted by atomic mass is 10.2. The van der Waals surface area contributed by atoms with Crippen molar-refractivity contribution in [2.75, 3.05) is 31.3 Å². The van der Waals surface area contributed by atoms with Gasteiger partial charge in [0.05, 0.1) is 12.4 Å². The summed E-state index contributed by atoms with van der Waals surface area (Å²) < 4.78 is 13.5. The summed E-state index contributed by atoms with van der Waals surface area (Å²) >= 11 is 1.64. The maximum atomic E-state index is 6.17. The van der Waals surface area contributed by atoms with E-state index < -0.39 is 0 Å². The number of hydrogen-bond acceptors (Lipinski definition) is 7. The average Bonchev–Trinajstić information content (AvgIpc) is 3.41. The lowest BCUT2D eigenvalue weighted by molar-refractivity contribution is 0.0534. The van der Waals surface area contributed by atoms with Crippen molar-refractivity contribution in [1.29, 1.82) is 0 Å². The maximum Gasteiger partial charge on any atom is 0.200 e. The Morgan fingerprint density at radius 2 is 2.04 bits per heavy atom. The first kappa shape index (κ1) is 18.1. The fourth-order valence-corrected chi connectivity index (χ4v) is 3.91. The smallest absolute Gasteiger partial charge is 0.200 e. The van der Waals surface area contributed by atoms with Crippen molar-refractivity contribution in [2.45, 2.75) is 17.5 Å². The average molecular weight is 385 g/mol. The number of thioether (sulfide) groups is 1. The molecule has 142 valence electrons. The van der Waals surface area contributed by atoms with Gasteiger partial charge in [-0.05, 0) is 29.8 Å². The lowest BCUT2D eigenvalue weighted by Gasteiger charge is -2.16. The van der Waals surface area contributed by atoms with E-state index in [9.17, 15) is 0 Å². The van der Waals surface area contributed by atoms with Gasteiger partial charge in [0, 0.05) is 39.1 Å². The zero-order chi connectivity index (χ0) is 18.8. The molecular weight excluding hydrogens is 362 g/mol. The zero-order valence-corrected chi connectivity index (χ0v) is 16.4. The third kappa shape index (κ3) is 3.87. The quantitative estimate of drug-likeness (QED) is 0.654. The summed E-state index contributed by atoms with van der Waals surface area (Å²) in [4.78, 5) is 2.09. The maximum absolute atomic E-state index is 6.17. The summed E-state index contributed by atoms with van der Waals surface area (Å²) in [6.45, 7) is 0.815. The van der Waals surface area contributed by atoms with Crippen LogP contribution in [0, 0.1) is 0 Å². The van der Waals surface area contributed by atoms with Crippen molar-refractivity contribution in [1.82, 2.24) is 20.1 Å². The number of rotatable bonds is 6. The van der Waals surface area contributed by atoms with Crippen LogP contribution in [0.15, 0.2) is 52.2 Å². The molecular formula is C19H23N5O2S. The Kier molecular flexibility index (Phi) is 5.20. The first-order valence-corrected chi connectivity index (χ1v) is 9.82. The minimum atomic E-state index is -0.0648. The van der Waals surface area contributed by atoms with E-state index in [1.807, 2.05) is 37.8 Å². The van der Waals surface area contributed by atoms with Gasteiger partial charge in [-0.15, -0.1) is 10.2 Å². The molecule has 1 saturated heterocycles. The molecule has 7 nitrogen and oxygen atoms in total. The summed E-state index contributed by atoms with van der Waals surface area (Å²) in [6, 6.07) is 12.2. The van der Waals surface area contributed by atoms with E-state index in [1.165, 1.54) is 5.69 Å². The largest absolute Gasteiger partial charge is 0.461 e. The van der Waals surface area contributed by atoms with Crippen molar-refractivity contribution in [3.63, 3.8) is 0 Å². The molecule has 0 bridgehead atoms. The summed E-state index contributed by atoms with van der Waals surface area (Å²) in [5.74, 6) is 2.26. The van der Waals surface area contributed by atoms with Gasteiger partial charge in [-0.25, -0.2) is 0 Å². The van der Waals surface area contributed by atoms with Crippen molar-refractivity contribution in [2.24, 2.45) is 7.05 Å². The Bertz CT molecular complexity index is 876. The molecule has 1 aromatic carbocycles. The molecule has 2 aromatic heterocycles. The standard InChI is InChI=1S/C19H23N5O2S/c1-23(2)14-8-6-13(7-9-14)18-20-11-15(26-18)12-27-19-22-21-17(24(19)3)16-5-4-10-25-16/h4-10,15,18,20H,11-12H2,1-3H3/t15-,18-/m0/s1. The van der Waals surface area contributed by atoms with Gasteiger partial charge in [0.15, 0.2) is 16.7 Å². The predicted molar refractivity (Wildman–Crippen MR) is 106 cm³/mol. The van der Waals surface area contributed by atoms with E-state index >= 15 is 0 Å². The highest BCUT2D eigenvalue weighted by molar-refractivity contribution is 7.99. The first-order chi connectivity index (χ1) is 13.1. The molecule has 1 aliphatic rings.